The molecular weight excluding hydrogens is 132 g/mol. The minimum absolute atomic E-state index is 0.0958. The molecule has 0 amide bonds. The lowest BCUT2D eigenvalue weighted by Crippen LogP contribution is -1.95. The van der Waals surface area contributed by atoms with Crippen LogP contribution in [0.3, 0.4) is 0 Å². The van der Waals surface area contributed by atoms with E-state index in [-0.39, 0.29) is 5.78 Å². The van der Waals surface area contributed by atoms with Crippen molar-refractivity contribution in [2.45, 2.75) is 32.6 Å². The Morgan fingerprint density at radius 2 is 2.22 bits per heavy atom. The molecule has 0 bridgehead atoms. The highest BCUT2D eigenvalue weighted by Crippen LogP contribution is 1.97. The Kier molecular flexibility index (Phi) is 5.73. The largest absolute Gasteiger partial charge is 0.294 e. The van der Waals surface area contributed by atoms with Crippen LogP contribution in [-0.4, -0.2) is 11.2 Å². The number of thiocarbonyl (C=S) groups is 1. The standard InChI is InChI=1S/C7H12OS/c1-2-3-4-5-7(8)6-9/h6H,2-5H2,1H3. The zero-order valence-corrected chi connectivity index (χ0v) is 6.54. The van der Waals surface area contributed by atoms with Crippen molar-refractivity contribution in [1.82, 2.24) is 0 Å². The molecule has 0 aliphatic heterocycles. The Morgan fingerprint density at radius 3 is 2.67 bits per heavy atom. The maximum atomic E-state index is 10.5. The number of hydrogen-bond donors (Lipinski definition) is 0. The molecule has 0 unspecified atom stereocenters. The van der Waals surface area contributed by atoms with E-state index in [2.05, 4.69) is 19.1 Å². The minimum Gasteiger partial charge on any atom is -0.294 e. The minimum atomic E-state index is 0.0958. The van der Waals surface area contributed by atoms with Gasteiger partial charge in [0.05, 0.1) is 0 Å². The summed E-state index contributed by atoms with van der Waals surface area (Å²) in [4.78, 5) is 10.5. The second kappa shape index (κ2) is 5.89. The molecule has 1 nitrogen and oxygen atoms in total. The predicted molar refractivity (Wildman–Crippen MR) is 42.8 cm³/mol. The molecule has 0 radical (unpaired) electrons. The van der Waals surface area contributed by atoms with Gasteiger partial charge in [-0.3, -0.25) is 4.79 Å². The van der Waals surface area contributed by atoms with Gasteiger partial charge >= 0.3 is 0 Å². The van der Waals surface area contributed by atoms with Crippen molar-refractivity contribution < 1.29 is 4.79 Å². The summed E-state index contributed by atoms with van der Waals surface area (Å²) in [5.41, 5.74) is 0. The molecule has 0 heterocycles. The number of carbonyl (C=O) groups is 1. The molecule has 52 valence electrons. The summed E-state index contributed by atoms with van der Waals surface area (Å²) in [6, 6.07) is 0. The third-order valence-electron chi connectivity index (χ3n) is 1.16. The topological polar surface area (TPSA) is 17.1 Å². The summed E-state index contributed by atoms with van der Waals surface area (Å²) in [6.45, 7) is 2.11. The van der Waals surface area contributed by atoms with E-state index in [0.717, 1.165) is 19.3 Å². The Morgan fingerprint density at radius 1 is 1.56 bits per heavy atom. The Hall–Kier alpha value is -0.240. The summed E-state index contributed by atoms with van der Waals surface area (Å²) >= 11 is 4.45. The molecule has 0 N–H and O–H groups in total. The quantitative estimate of drug-likeness (QED) is 0.434. The average molecular weight is 144 g/mol. The fourth-order valence-electron chi connectivity index (χ4n) is 0.608. The van der Waals surface area contributed by atoms with Crippen molar-refractivity contribution in [2.75, 3.05) is 0 Å². The van der Waals surface area contributed by atoms with Gasteiger partial charge in [0, 0.05) is 11.8 Å². The third-order valence-corrected chi connectivity index (χ3v) is 1.42. The van der Waals surface area contributed by atoms with Gasteiger partial charge < -0.3 is 0 Å². The summed E-state index contributed by atoms with van der Waals surface area (Å²) in [5.74, 6) is 0.0958. The van der Waals surface area contributed by atoms with Crippen LogP contribution in [0.25, 0.3) is 0 Å². The smallest absolute Gasteiger partial charge is 0.166 e. The number of Topliss-reactive ketones (excluding diaryl/α,β-unsaturated/α-hetero) is 1. The Labute approximate surface area is 61.4 Å². The van der Waals surface area contributed by atoms with E-state index >= 15 is 0 Å². The van der Waals surface area contributed by atoms with Crippen molar-refractivity contribution in [1.29, 1.82) is 0 Å². The first-order valence-electron chi connectivity index (χ1n) is 3.29. The molecule has 0 fully saturated rings. The fraction of sp³-hybridized carbons (Fsp3) is 0.714. The van der Waals surface area contributed by atoms with Gasteiger partial charge in [0.25, 0.3) is 0 Å². The van der Waals surface area contributed by atoms with Crippen LogP contribution in [0.4, 0.5) is 0 Å². The van der Waals surface area contributed by atoms with Crippen molar-refractivity contribution in [3.8, 4) is 0 Å². The van der Waals surface area contributed by atoms with Crippen LogP contribution in [0.1, 0.15) is 32.6 Å². The average Bonchev–Trinajstić information content (AvgIpc) is 1.89. The van der Waals surface area contributed by atoms with E-state index in [1.807, 2.05) is 0 Å². The number of hydrogen-bond acceptors (Lipinski definition) is 2. The Balaban J connectivity index is 3.07. The van der Waals surface area contributed by atoms with E-state index < -0.39 is 0 Å². The zero-order chi connectivity index (χ0) is 7.11. The van der Waals surface area contributed by atoms with Crippen LogP contribution >= 0.6 is 12.2 Å². The number of carbonyl (C=O) groups excluding carboxylic acids is 1. The first-order valence-corrected chi connectivity index (χ1v) is 3.76. The van der Waals surface area contributed by atoms with E-state index in [1.54, 1.807) is 0 Å². The molecule has 0 saturated carbocycles. The molecule has 0 aromatic heterocycles. The summed E-state index contributed by atoms with van der Waals surface area (Å²) in [6.07, 6.45) is 3.92. The van der Waals surface area contributed by atoms with Crippen molar-refractivity contribution in [3.63, 3.8) is 0 Å². The molecule has 0 saturated heterocycles. The third kappa shape index (κ3) is 5.63. The first-order chi connectivity index (χ1) is 4.31. The molecule has 0 aromatic carbocycles. The van der Waals surface area contributed by atoms with Gasteiger partial charge in [-0.25, -0.2) is 0 Å². The van der Waals surface area contributed by atoms with Crippen molar-refractivity contribution in [3.05, 3.63) is 0 Å². The second-order valence-electron chi connectivity index (χ2n) is 2.04. The highest BCUT2D eigenvalue weighted by atomic mass is 32.1. The van der Waals surface area contributed by atoms with Gasteiger partial charge in [-0.05, 0) is 6.42 Å². The van der Waals surface area contributed by atoms with Crippen LogP contribution in [0.15, 0.2) is 0 Å². The molecular formula is C7H12OS. The SMILES string of the molecule is CCCCCC(=O)C=S. The molecule has 0 aliphatic rings. The van der Waals surface area contributed by atoms with Crippen LogP contribution in [0.5, 0.6) is 0 Å². The highest BCUT2D eigenvalue weighted by Gasteiger charge is 1.93. The van der Waals surface area contributed by atoms with Crippen molar-refractivity contribution in [2.24, 2.45) is 0 Å². The van der Waals surface area contributed by atoms with Gasteiger partial charge in [-0.2, -0.15) is 0 Å². The highest BCUT2D eigenvalue weighted by molar-refractivity contribution is 7.80. The zero-order valence-electron chi connectivity index (χ0n) is 5.72. The maximum absolute atomic E-state index is 10.5. The molecule has 0 atom stereocenters. The molecule has 0 aromatic rings. The lowest BCUT2D eigenvalue weighted by atomic mass is 10.2. The molecule has 0 rings (SSSR count). The Bertz CT molecular complexity index is 99.1. The summed E-state index contributed by atoms with van der Waals surface area (Å²) in [5, 5.41) is 1.23. The maximum Gasteiger partial charge on any atom is 0.166 e. The summed E-state index contributed by atoms with van der Waals surface area (Å²) < 4.78 is 0. The molecule has 0 spiro atoms. The summed E-state index contributed by atoms with van der Waals surface area (Å²) in [7, 11) is 0. The lowest BCUT2D eigenvalue weighted by molar-refractivity contribution is -0.112. The number of ketones is 1. The van der Waals surface area contributed by atoms with E-state index in [0.29, 0.717) is 6.42 Å². The normalized spacial score (nSPS) is 9.00. The van der Waals surface area contributed by atoms with Crippen LogP contribution in [0, 0.1) is 0 Å². The lowest BCUT2D eigenvalue weighted by Gasteiger charge is -1.91. The van der Waals surface area contributed by atoms with E-state index in [4.69, 9.17) is 0 Å². The molecule has 0 aliphatic carbocycles. The fourth-order valence-corrected chi connectivity index (χ4v) is 0.726. The van der Waals surface area contributed by atoms with E-state index in [1.165, 1.54) is 5.37 Å². The van der Waals surface area contributed by atoms with Crippen LogP contribution in [0.2, 0.25) is 0 Å². The van der Waals surface area contributed by atoms with Gasteiger partial charge in [-0.15, -0.1) is 0 Å². The van der Waals surface area contributed by atoms with Gasteiger partial charge in [0.15, 0.2) is 5.78 Å². The first kappa shape index (κ1) is 8.76. The van der Waals surface area contributed by atoms with Crippen molar-refractivity contribution >= 4 is 23.4 Å². The number of unbranched alkanes of at least 4 members (excludes halogenated alkanes) is 2. The van der Waals surface area contributed by atoms with Gasteiger partial charge in [0.2, 0.25) is 0 Å². The van der Waals surface area contributed by atoms with Crippen LogP contribution in [-0.2, 0) is 4.79 Å². The van der Waals surface area contributed by atoms with E-state index in [9.17, 15) is 4.79 Å². The predicted octanol–water partition coefficient (Wildman–Crippen LogP) is 2.14. The molecule has 9 heavy (non-hydrogen) atoms. The monoisotopic (exact) mass is 144 g/mol. The van der Waals surface area contributed by atoms with Gasteiger partial charge in [0.1, 0.15) is 0 Å². The van der Waals surface area contributed by atoms with Gasteiger partial charge in [-0.1, -0.05) is 32.0 Å². The second-order valence-corrected chi connectivity index (χ2v) is 2.28. The molecule has 2 heteroatoms. The number of rotatable bonds is 5. The van der Waals surface area contributed by atoms with Crippen LogP contribution < -0.4 is 0 Å².